The topological polar surface area (TPSA) is 127 Å². The average Bonchev–Trinajstić information content (AvgIpc) is 2.44. The fourth-order valence-corrected chi connectivity index (χ4v) is 2.71. The van der Waals surface area contributed by atoms with Gasteiger partial charge in [0.1, 0.15) is 6.04 Å². The largest absolute Gasteiger partial charge is 0.368 e. The number of hydrogen-bond donors (Lipinski definition) is 4. The maximum Gasteiger partial charge on any atom is 0.243 e. The number of hydrogen-bond acceptors (Lipinski definition) is 4. The molecule has 7 heteroatoms. The molecule has 0 unspecified atom stereocenters. The van der Waals surface area contributed by atoms with E-state index in [2.05, 4.69) is 10.6 Å². The summed E-state index contributed by atoms with van der Waals surface area (Å²) in [5, 5.41) is 5.19. The molecule has 1 atom stereocenters. The van der Waals surface area contributed by atoms with Crippen molar-refractivity contribution in [2.75, 3.05) is 6.54 Å². The molecule has 6 N–H and O–H groups in total. The molecular weight excluding hydrogens is 284 g/mol. The predicted molar refractivity (Wildman–Crippen MR) is 83.6 cm³/mol. The summed E-state index contributed by atoms with van der Waals surface area (Å²) in [4.78, 5) is 35.3. The van der Waals surface area contributed by atoms with E-state index >= 15 is 0 Å². The molecule has 1 rings (SSSR count). The monoisotopic (exact) mass is 312 g/mol. The number of carbonyl (C=O) groups is 3. The first kappa shape index (κ1) is 18.4. The number of nitrogens with one attached hydrogen (secondary N) is 2. The zero-order chi connectivity index (χ0) is 16.8. The van der Waals surface area contributed by atoms with Gasteiger partial charge in [-0.25, -0.2) is 0 Å². The third kappa shape index (κ3) is 5.63. The van der Waals surface area contributed by atoms with Crippen molar-refractivity contribution < 1.29 is 14.4 Å². The second-order valence-corrected chi connectivity index (χ2v) is 6.56. The summed E-state index contributed by atoms with van der Waals surface area (Å²) in [6.45, 7) is 3.68. The van der Waals surface area contributed by atoms with E-state index in [1.54, 1.807) is 0 Å². The number of primary amides is 1. The second-order valence-electron chi connectivity index (χ2n) is 6.56. The van der Waals surface area contributed by atoms with Crippen LogP contribution in [-0.4, -0.2) is 35.8 Å². The smallest absolute Gasteiger partial charge is 0.243 e. The Morgan fingerprint density at radius 2 is 1.73 bits per heavy atom. The number of rotatable bonds is 7. The van der Waals surface area contributed by atoms with Gasteiger partial charge in [0.05, 0.1) is 12.1 Å². The summed E-state index contributed by atoms with van der Waals surface area (Å²) in [6, 6.07) is -0.700. The van der Waals surface area contributed by atoms with Crippen LogP contribution in [0.15, 0.2) is 0 Å². The number of carbonyl (C=O) groups excluding carboxylic acids is 3. The summed E-state index contributed by atoms with van der Waals surface area (Å²) in [5.74, 6) is -1.09. The Hall–Kier alpha value is -1.63. The molecular formula is C15H28N4O3. The van der Waals surface area contributed by atoms with Crippen LogP contribution in [0, 0.1) is 5.92 Å². The summed E-state index contributed by atoms with van der Waals surface area (Å²) in [7, 11) is 0. The van der Waals surface area contributed by atoms with Gasteiger partial charge in [-0.2, -0.15) is 0 Å². The Morgan fingerprint density at radius 1 is 1.14 bits per heavy atom. The van der Waals surface area contributed by atoms with Crippen LogP contribution in [0.2, 0.25) is 0 Å². The third-order valence-electron chi connectivity index (χ3n) is 3.96. The molecule has 7 nitrogen and oxygen atoms in total. The molecule has 3 amide bonds. The second kappa shape index (κ2) is 8.12. The lowest BCUT2D eigenvalue weighted by molar-refractivity contribution is -0.133. The zero-order valence-electron chi connectivity index (χ0n) is 13.5. The van der Waals surface area contributed by atoms with Crippen LogP contribution in [0.3, 0.4) is 0 Å². The third-order valence-corrected chi connectivity index (χ3v) is 3.96. The highest BCUT2D eigenvalue weighted by molar-refractivity contribution is 5.93. The molecule has 0 spiro atoms. The molecule has 0 saturated heterocycles. The van der Waals surface area contributed by atoms with E-state index in [1.807, 2.05) is 13.8 Å². The van der Waals surface area contributed by atoms with Crippen LogP contribution in [-0.2, 0) is 14.4 Å². The molecule has 0 radical (unpaired) electrons. The normalized spacial score (nSPS) is 18.5. The number of nitrogens with two attached hydrogens (primary N) is 2. The average molecular weight is 312 g/mol. The van der Waals surface area contributed by atoms with Crippen LogP contribution in [0.4, 0.5) is 0 Å². The van der Waals surface area contributed by atoms with Gasteiger partial charge in [-0.05, 0) is 25.2 Å². The van der Waals surface area contributed by atoms with Gasteiger partial charge in [0, 0.05) is 0 Å². The molecule has 1 aliphatic carbocycles. The first-order valence-electron chi connectivity index (χ1n) is 7.90. The van der Waals surface area contributed by atoms with Gasteiger partial charge in [-0.3, -0.25) is 14.4 Å². The van der Waals surface area contributed by atoms with Crippen molar-refractivity contribution in [3.8, 4) is 0 Å². The Bertz CT molecular complexity index is 417. The van der Waals surface area contributed by atoms with Crippen LogP contribution >= 0.6 is 0 Å². The van der Waals surface area contributed by atoms with Crippen LogP contribution in [0.25, 0.3) is 0 Å². The minimum Gasteiger partial charge on any atom is -0.368 e. The van der Waals surface area contributed by atoms with Gasteiger partial charge in [0.2, 0.25) is 17.7 Å². The number of amides is 3. The maximum atomic E-state index is 12.4. The highest BCUT2D eigenvalue weighted by Gasteiger charge is 2.37. The first-order valence-corrected chi connectivity index (χ1v) is 7.90. The lowest BCUT2D eigenvalue weighted by atomic mass is 9.81. The van der Waals surface area contributed by atoms with Crippen molar-refractivity contribution in [3.63, 3.8) is 0 Å². The van der Waals surface area contributed by atoms with Crippen molar-refractivity contribution in [3.05, 3.63) is 0 Å². The molecule has 126 valence electrons. The van der Waals surface area contributed by atoms with Crippen molar-refractivity contribution in [1.29, 1.82) is 0 Å². The maximum absolute atomic E-state index is 12.4. The highest BCUT2D eigenvalue weighted by atomic mass is 16.2. The molecule has 0 bridgehead atoms. The molecule has 1 saturated carbocycles. The van der Waals surface area contributed by atoms with Crippen molar-refractivity contribution in [2.24, 2.45) is 17.4 Å². The quantitative estimate of drug-likeness (QED) is 0.518. The summed E-state index contributed by atoms with van der Waals surface area (Å²) >= 11 is 0. The molecule has 1 fully saturated rings. The fourth-order valence-electron chi connectivity index (χ4n) is 2.71. The van der Waals surface area contributed by atoms with Gasteiger partial charge in [-0.1, -0.05) is 33.1 Å². The summed E-state index contributed by atoms with van der Waals surface area (Å²) < 4.78 is 0. The van der Waals surface area contributed by atoms with Gasteiger partial charge in [0.25, 0.3) is 0 Å². The predicted octanol–water partition coefficient (Wildman–Crippen LogP) is -0.220. The van der Waals surface area contributed by atoms with Crippen molar-refractivity contribution in [2.45, 2.75) is 64.0 Å². The summed E-state index contributed by atoms with van der Waals surface area (Å²) in [6.07, 6.45) is 4.68. The minimum absolute atomic E-state index is 0.213. The van der Waals surface area contributed by atoms with Gasteiger partial charge in [0.15, 0.2) is 0 Å². The van der Waals surface area contributed by atoms with E-state index in [0.717, 1.165) is 19.3 Å². The van der Waals surface area contributed by atoms with E-state index in [4.69, 9.17) is 11.5 Å². The van der Waals surface area contributed by atoms with E-state index in [-0.39, 0.29) is 18.4 Å². The summed E-state index contributed by atoms with van der Waals surface area (Å²) in [5.41, 5.74) is 10.3. The van der Waals surface area contributed by atoms with Crippen LogP contribution in [0.5, 0.6) is 0 Å². The zero-order valence-corrected chi connectivity index (χ0v) is 13.5. The van der Waals surface area contributed by atoms with Crippen molar-refractivity contribution in [1.82, 2.24) is 10.6 Å². The van der Waals surface area contributed by atoms with E-state index in [0.29, 0.717) is 19.3 Å². The van der Waals surface area contributed by atoms with Crippen LogP contribution < -0.4 is 22.1 Å². The fraction of sp³-hybridized carbons (Fsp3) is 0.800. The Morgan fingerprint density at radius 3 is 2.23 bits per heavy atom. The molecule has 0 heterocycles. The van der Waals surface area contributed by atoms with Gasteiger partial charge in [-0.15, -0.1) is 0 Å². The Kier molecular flexibility index (Phi) is 6.80. The van der Waals surface area contributed by atoms with Crippen LogP contribution in [0.1, 0.15) is 52.4 Å². The molecule has 0 aromatic heterocycles. The van der Waals surface area contributed by atoms with Gasteiger partial charge < -0.3 is 22.1 Å². The first-order chi connectivity index (χ1) is 10.2. The lowest BCUT2D eigenvalue weighted by Crippen LogP contribution is -2.59. The van der Waals surface area contributed by atoms with E-state index < -0.39 is 23.4 Å². The standard InChI is InChI=1S/C15H28N4O3/c1-10(2)8-11(13(21)18-9-12(16)20)19-14(22)15(17)6-4-3-5-7-15/h10-11H,3-9,17H2,1-2H3,(H2,16,20)(H,18,21)(H,19,22)/t11-/m0/s1. The minimum atomic E-state index is -0.891. The van der Waals surface area contributed by atoms with Crippen molar-refractivity contribution >= 4 is 17.7 Å². The molecule has 0 aliphatic heterocycles. The Balaban J connectivity index is 2.68. The van der Waals surface area contributed by atoms with Gasteiger partial charge >= 0.3 is 0 Å². The molecule has 22 heavy (non-hydrogen) atoms. The molecule has 1 aliphatic rings. The lowest BCUT2D eigenvalue weighted by Gasteiger charge is -2.33. The highest BCUT2D eigenvalue weighted by Crippen LogP contribution is 2.26. The van der Waals surface area contributed by atoms with E-state index in [1.165, 1.54) is 0 Å². The Labute approximate surface area is 131 Å². The SMILES string of the molecule is CC(C)C[C@H](NC(=O)C1(N)CCCCC1)C(=O)NCC(N)=O. The van der Waals surface area contributed by atoms with E-state index in [9.17, 15) is 14.4 Å². The molecule has 0 aromatic carbocycles. The molecule has 0 aromatic rings.